The van der Waals surface area contributed by atoms with Crippen LogP contribution in [0.25, 0.3) is 0 Å². The second kappa shape index (κ2) is 5.36. The summed E-state index contributed by atoms with van der Waals surface area (Å²) < 4.78 is 5.43. The molecule has 0 bridgehead atoms. The van der Waals surface area contributed by atoms with Gasteiger partial charge in [-0.3, -0.25) is 4.79 Å². The summed E-state index contributed by atoms with van der Waals surface area (Å²) in [7, 11) is 1.89. The maximum Gasteiger partial charge on any atom is 0.224 e. The Balaban J connectivity index is 1.74. The van der Waals surface area contributed by atoms with Gasteiger partial charge in [-0.05, 0) is 38.0 Å². The molecule has 1 heterocycles. The van der Waals surface area contributed by atoms with Gasteiger partial charge in [0.2, 0.25) is 5.91 Å². The molecule has 1 aliphatic heterocycles. The van der Waals surface area contributed by atoms with Crippen LogP contribution >= 0.6 is 0 Å². The van der Waals surface area contributed by atoms with Crippen LogP contribution < -0.4 is 5.73 Å². The Morgan fingerprint density at radius 2 is 2.24 bits per heavy atom. The van der Waals surface area contributed by atoms with Crippen molar-refractivity contribution in [3.05, 3.63) is 0 Å². The third-order valence-electron chi connectivity index (χ3n) is 4.07. The second-order valence-corrected chi connectivity index (χ2v) is 5.75. The highest BCUT2D eigenvalue weighted by Gasteiger charge is 2.35. The van der Waals surface area contributed by atoms with Crippen LogP contribution in [0.4, 0.5) is 0 Å². The molecule has 1 atom stereocenters. The predicted octanol–water partition coefficient (Wildman–Crippen LogP) is 1.14. The summed E-state index contributed by atoms with van der Waals surface area (Å²) in [4.78, 5) is 13.9. The highest BCUT2D eigenvalue weighted by molar-refractivity contribution is 5.77. The Kier molecular flexibility index (Phi) is 4.05. The molecule has 0 radical (unpaired) electrons. The largest absolute Gasteiger partial charge is 0.381 e. The number of rotatable bonds is 4. The third-order valence-corrected chi connectivity index (χ3v) is 4.07. The van der Waals surface area contributed by atoms with E-state index in [1.807, 2.05) is 11.9 Å². The lowest BCUT2D eigenvalue weighted by atomic mass is 9.75. The lowest BCUT2D eigenvalue weighted by molar-refractivity contribution is -0.133. The fourth-order valence-corrected chi connectivity index (χ4v) is 2.68. The van der Waals surface area contributed by atoms with E-state index in [1.165, 1.54) is 12.8 Å². The Hall–Kier alpha value is -0.610. The van der Waals surface area contributed by atoms with E-state index in [1.54, 1.807) is 0 Å². The van der Waals surface area contributed by atoms with Crippen molar-refractivity contribution in [3.8, 4) is 0 Å². The Morgan fingerprint density at radius 1 is 1.47 bits per heavy atom. The molecule has 2 aliphatic rings. The smallest absolute Gasteiger partial charge is 0.224 e. The SMILES string of the molecule is CN(CC1CCCOC1)C(=O)CC1(N)CCC1. The number of amides is 1. The van der Waals surface area contributed by atoms with Crippen molar-refractivity contribution < 1.29 is 9.53 Å². The molecular formula is C13H24N2O2. The molecular weight excluding hydrogens is 216 g/mol. The molecule has 1 unspecified atom stereocenters. The van der Waals surface area contributed by atoms with Gasteiger partial charge in [0.25, 0.3) is 0 Å². The lowest BCUT2D eigenvalue weighted by Gasteiger charge is -2.39. The van der Waals surface area contributed by atoms with Crippen molar-refractivity contribution >= 4 is 5.91 Å². The molecule has 0 spiro atoms. The maximum atomic E-state index is 12.0. The number of carbonyl (C=O) groups excluding carboxylic acids is 1. The third kappa shape index (κ3) is 3.42. The summed E-state index contributed by atoms with van der Waals surface area (Å²) in [5.74, 6) is 0.700. The van der Waals surface area contributed by atoms with Crippen LogP contribution in [-0.4, -0.2) is 43.2 Å². The molecule has 4 heteroatoms. The van der Waals surface area contributed by atoms with Crippen molar-refractivity contribution in [2.45, 2.75) is 44.1 Å². The molecule has 2 N–H and O–H groups in total. The summed E-state index contributed by atoms with van der Waals surface area (Å²) >= 11 is 0. The molecule has 98 valence electrons. The number of nitrogens with two attached hydrogens (primary N) is 1. The fourth-order valence-electron chi connectivity index (χ4n) is 2.68. The standard InChI is InChI=1S/C13H24N2O2/c1-15(9-11-4-2-7-17-10-11)12(16)8-13(14)5-3-6-13/h11H,2-10,14H2,1H3. The molecule has 1 saturated heterocycles. The fraction of sp³-hybridized carbons (Fsp3) is 0.923. The van der Waals surface area contributed by atoms with Crippen molar-refractivity contribution in [2.24, 2.45) is 11.7 Å². The highest BCUT2D eigenvalue weighted by atomic mass is 16.5. The normalized spacial score (nSPS) is 27.3. The average Bonchev–Trinajstić information content (AvgIpc) is 2.28. The van der Waals surface area contributed by atoms with Gasteiger partial charge in [0.05, 0.1) is 6.61 Å². The van der Waals surface area contributed by atoms with Gasteiger partial charge in [-0.15, -0.1) is 0 Å². The molecule has 0 aromatic rings. The molecule has 2 fully saturated rings. The van der Waals surface area contributed by atoms with Crippen LogP contribution in [0.1, 0.15) is 38.5 Å². The van der Waals surface area contributed by atoms with Crippen LogP contribution in [0.2, 0.25) is 0 Å². The topological polar surface area (TPSA) is 55.6 Å². The highest BCUT2D eigenvalue weighted by Crippen LogP contribution is 2.32. The number of carbonyl (C=O) groups is 1. The number of ether oxygens (including phenoxy) is 1. The van der Waals surface area contributed by atoms with E-state index in [0.717, 1.165) is 39.0 Å². The van der Waals surface area contributed by atoms with Gasteiger partial charge in [0.1, 0.15) is 0 Å². The van der Waals surface area contributed by atoms with E-state index in [9.17, 15) is 4.79 Å². The van der Waals surface area contributed by atoms with Crippen LogP contribution in [0.15, 0.2) is 0 Å². The molecule has 17 heavy (non-hydrogen) atoms. The van der Waals surface area contributed by atoms with Crippen molar-refractivity contribution in [1.82, 2.24) is 4.90 Å². The number of hydrogen-bond acceptors (Lipinski definition) is 3. The van der Waals surface area contributed by atoms with Crippen LogP contribution in [0.5, 0.6) is 0 Å². The van der Waals surface area contributed by atoms with Gasteiger partial charge in [-0.25, -0.2) is 0 Å². The van der Waals surface area contributed by atoms with Crippen LogP contribution in [0, 0.1) is 5.92 Å². The zero-order chi connectivity index (χ0) is 12.3. The maximum absolute atomic E-state index is 12.0. The van der Waals surface area contributed by atoms with Gasteiger partial charge in [-0.1, -0.05) is 0 Å². The van der Waals surface area contributed by atoms with E-state index < -0.39 is 0 Å². The lowest BCUT2D eigenvalue weighted by Crippen LogP contribution is -2.50. The van der Waals surface area contributed by atoms with E-state index in [-0.39, 0.29) is 11.4 Å². The minimum Gasteiger partial charge on any atom is -0.381 e. The number of hydrogen-bond donors (Lipinski definition) is 1. The summed E-state index contributed by atoms with van der Waals surface area (Å²) in [5, 5.41) is 0. The molecule has 0 aromatic heterocycles. The first kappa shape index (κ1) is 12.8. The Labute approximate surface area is 103 Å². The van der Waals surface area contributed by atoms with Gasteiger partial charge in [0, 0.05) is 32.2 Å². The average molecular weight is 240 g/mol. The van der Waals surface area contributed by atoms with Crippen LogP contribution in [0.3, 0.4) is 0 Å². The Bertz CT molecular complexity index is 271. The molecule has 1 aliphatic carbocycles. The van der Waals surface area contributed by atoms with Gasteiger partial charge >= 0.3 is 0 Å². The molecule has 1 saturated carbocycles. The van der Waals surface area contributed by atoms with Gasteiger partial charge < -0.3 is 15.4 Å². The first-order valence-electron chi connectivity index (χ1n) is 6.70. The molecule has 1 amide bonds. The van der Waals surface area contributed by atoms with Crippen molar-refractivity contribution in [2.75, 3.05) is 26.8 Å². The first-order chi connectivity index (χ1) is 8.09. The molecule has 2 rings (SSSR count). The molecule has 0 aromatic carbocycles. The first-order valence-corrected chi connectivity index (χ1v) is 6.70. The zero-order valence-electron chi connectivity index (χ0n) is 10.8. The van der Waals surface area contributed by atoms with Crippen molar-refractivity contribution in [1.29, 1.82) is 0 Å². The quantitative estimate of drug-likeness (QED) is 0.802. The van der Waals surface area contributed by atoms with Crippen molar-refractivity contribution in [3.63, 3.8) is 0 Å². The summed E-state index contributed by atoms with van der Waals surface area (Å²) in [6.07, 6.45) is 5.97. The van der Waals surface area contributed by atoms with Crippen LogP contribution in [-0.2, 0) is 9.53 Å². The second-order valence-electron chi connectivity index (χ2n) is 5.75. The summed E-state index contributed by atoms with van der Waals surface area (Å²) in [6, 6.07) is 0. The summed E-state index contributed by atoms with van der Waals surface area (Å²) in [5.41, 5.74) is 5.90. The Morgan fingerprint density at radius 3 is 2.76 bits per heavy atom. The van der Waals surface area contributed by atoms with E-state index in [2.05, 4.69) is 0 Å². The predicted molar refractivity (Wildman–Crippen MR) is 66.6 cm³/mol. The minimum absolute atomic E-state index is 0.192. The minimum atomic E-state index is -0.200. The van der Waals surface area contributed by atoms with Gasteiger partial charge in [-0.2, -0.15) is 0 Å². The number of nitrogens with zero attached hydrogens (tertiary/aromatic N) is 1. The summed E-state index contributed by atoms with van der Waals surface area (Å²) in [6.45, 7) is 2.49. The van der Waals surface area contributed by atoms with E-state index in [4.69, 9.17) is 10.5 Å². The zero-order valence-corrected chi connectivity index (χ0v) is 10.8. The van der Waals surface area contributed by atoms with E-state index >= 15 is 0 Å². The monoisotopic (exact) mass is 240 g/mol. The van der Waals surface area contributed by atoms with E-state index in [0.29, 0.717) is 12.3 Å². The van der Waals surface area contributed by atoms with Gasteiger partial charge in [0.15, 0.2) is 0 Å². The molecule has 4 nitrogen and oxygen atoms in total.